The maximum atomic E-state index is 12.2. The van der Waals surface area contributed by atoms with Crippen molar-refractivity contribution in [2.75, 3.05) is 0 Å². The van der Waals surface area contributed by atoms with Gasteiger partial charge in [0.2, 0.25) is 0 Å². The van der Waals surface area contributed by atoms with E-state index in [-0.39, 0.29) is 10.4 Å². The van der Waals surface area contributed by atoms with Gasteiger partial charge in [-0.15, -0.1) is 0 Å². The molecule has 0 saturated heterocycles. The van der Waals surface area contributed by atoms with Crippen LogP contribution in [0.5, 0.6) is 0 Å². The average molecular weight is 249 g/mol. The van der Waals surface area contributed by atoms with Crippen LogP contribution in [0.1, 0.15) is 5.89 Å². The van der Waals surface area contributed by atoms with Crippen molar-refractivity contribution in [3.8, 4) is 0 Å². The Morgan fingerprint density at radius 3 is 2.69 bits per heavy atom. The molecule has 1 aromatic carbocycles. The third-order valence-electron chi connectivity index (χ3n) is 1.89. The van der Waals surface area contributed by atoms with Crippen LogP contribution in [0.2, 0.25) is 0 Å². The zero-order valence-electron chi connectivity index (χ0n) is 8.04. The quantitative estimate of drug-likeness (QED) is 0.780. The Hall–Kier alpha value is -1.37. The van der Waals surface area contributed by atoms with Gasteiger partial charge >= 0.3 is 5.51 Å². The van der Waals surface area contributed by atoms with Crippen molar-refractivity contribution in [3.05, 3.63) is 24.1 Å². The second-order valence-corrected chi connectivity index (χ2v) is 4.55. The van der Waals surface area contributed by atoms with E-state index in [1.54, 1.807) is 6.92 Å². The van der Waals surface area contributed by atoms with E-state index in [0.29, 0.717) is 11.5 Å². The van der Waals surface area contributed by atoms with Crippen LogP contribution in [-0.4, -0.2) is 14.7 Å². The number of hydrogen-bond donors (Lipinski definition) is 0. The van der Waals surface area contributed by atoms with E-state index in [1.807, 2.05) is 0 Å². The number of nitrogens with zero attached hydrogens (tertiary/aromatic N) is 1. The maximum absolute atomic E-state index is 12.2. The molecule has 86 valence electrons. The first-order valence-electron chi connectivity index (χ1n) is 4.24. The molecule has 1 unspecified atom stereocenters. The lowest BCUT2D eigenvalue weighted by molar-refractivity contribution is -0.0384. The van der Waals surface area contributed by atoms with Crippen molar-refractivity contribution in [2.45, 2.75) is 17.3 Å². The number of oxazole rings is 1. The Morgan fingerprint density at radius 2 is 2.06 bits per heavy atom. The van der Waals surface area contributed by atoms with Crippen molar-refractivity contribution in [1.29, 1.82) is 0 Å². The predicted octanol–water partition coefficient (Wildman–Crippen LogP) is 2.76. The second-order valence-electron chi connectivity index (χ2n) is 3.08. The predicted molar refractivity (Wildman–Crippen MR) is 51.2 cm³/mol. The molecule has 0 aliphatic carbocycles. The minimum absolute atomic E-state index is 0.271. The normalized spacial score (nSPS) is 14.2. The molecule has 0 bridgehead atoms. The summed E-state index contributed by atoms with van der Waals surface area (Å²) in [7, 11) is -3.03. The number of halogens is 3. The summed E-state index contributed by atoms with van der Waals surface area (Å²) >= 11 is 0. The highest BCUT2D eigenvalue weighted by atomic mass is 32.2. The van der Waals surface area contributed by atoms with Gasteiger partial charge in [-0.05, 0) is 18.2 Å². The molecule has 2 aromatic rings. The zero-order valence-corrected chi connectivity index (χ0v) is 8.85. The largest absolute Gasteiger partial charge is 0.475 e. The molecule has 0 saturated carbocycles. The molecule has 1 heterocycles. The van der Waals surface area contributed by atoms with E-state index in [1.165, 1.54) is 6.07 Å². The summed E-state index contributed by atoms with van der Waals surface area (Å²) in [5, 5.41) is 0. The summed E-state index contributed by atoms with van der Waals surface area (Å²) in [6, 6.07) is 3.57. The minimum atomic E-state index is -4.76. The van der Waals surface area contributed by atoms with Crippen LogP contribution < -0.4 is 0 Å². The van der Waals surface area contributed by atoms with Crippen molar-refractivity contribution in [1.82, 2.24) is 4.98 Å². The van der Waals surface area contributed by atoms with E-state index in [2.05, 4.69) is 4.98 Å². The summed E-state index contributed by atoms with van der Waals surface area (Å²) in [5.41, 5.74) is -4.11. The van der Waals surface area contributed by atoms with Gasteiger partial charge in [0.25, 0.3) is 0 Å². The van der Waals surface area contributed by atoms with Crippen molar-refractivity contribution < 1.29 is 21.8 Å². The lowest BCUT2D eigenvalue weighted by Gasteiger charge is -2.04. The highest BCUT2D eigenvalue weighted by molar-refractivity contribution is 7.86. The number of aryl methyl sites for hydroxylation is 1. The van der Waals surface area contributed by atoms with E-state index in [9.17, 15) is 17.4 Å². The standard InChI is InChI=1S/C9H6F3NO2S/c1-5-13-7-4-6(2-3-8(7)15-5)16(14)9(10,11)12/h2-4H,1H3. The van der Waals surface area contributed by atoms with Gasteiger partial charge in [-0.1, -0.05) is 0 Å². The summed E-state index contributed by atoms with van der Waals surface area (Å²) in [5.74, 6) is 0.352. The lowest BCUT2D eigenvalue weighted by atomic mass is 10.3. The van der Waals surface area contributed by atoms with Gasteiger partial charge in [0.1, 0.15) is 5.52 Å². The molecule has 0 aliphatic heterocycles. The van der Waals surface area contributed by atoms with Crippen LogP contribution in [0.4, 0.5) is 13.2 Å². The second kappa shape index (κ2) is 3.58. The van der Waals surface area contributed by atoms with Gasteiger partial charge in [-0.2, -0.15) is 13.2 Å². The molecular weight excluding hydrogens is 243 g/mol. The highest BCUT2D eigenvalue weighted by Gasteiger charge is 2.38. The molecule has 0 aliphatic rings. The Balaban J connectivity index is 2.51. The number of benzene rings is 1. The fraction of sp³-hybridized carbons (Fsp3) is 0.222. The molecule has 1 atom stereocenters. The van der Waals surface area contributed by atoms with Crippen molar-refractivity contribution in [3.63, 3.8) is 0 Å². The SMILES string of the molecule is Cc1nc2cc(S(=O)C(F)(F)F)ccc2o1. The van der Waals surface area contributed by atoms with Gasteiger partial charge in [0, 0.05) is 6.92 Å². The van der Waals surface area contributed by atoms with Gasteiger partial charge in [0.05, 0.1) is 4.90 Å². The molecule has 0 spiro atoms. The van der Waals surface area contributed by atoms with Gasteiger partial charge < -0.3 is 4.42 Å². The van der Waals surface area contributed by atoms with Crippen LogP contribution in [0.15, 0.2) is 27.5 Å². The van der Waals surface area contributed by atoms with E-state index in [4.69, 9.17) is 4.42 Å². The first kappa shape index (κ1) is 11.1. The molecule has 0 fully saturated rings. The fourth-order valence-corrected chi connectivity index (χ4v) is 1.95. The number of alkyl halides is 3. The molecule has 0 radical (unpaired) electrons. The Labute approximate surface area is 90.7 Å². The maximum Gasteiger partial charge on any atom is 0.475 e. The van der Waals surface area contributed by atoms with Crippen molar-refractivity contribution >= 4 is 21.9 Å². The molecule has 0 amide bonds. The summed E-state index contributed by atoms with van der Waals surface area (Å²) in [6.45, 7) is 1.58. The highest BCUT2D eigenvalue weighted by Crippen LogP contribution is 2.28. The fourth-order valence-electron chi connectivity index (χ4n) is 1.27. The summed E-state index contributed by atoms with van der Waals surface area (Å²) in [4.78, 5) is 3.54. The average Bonchev–Trinajstić information content (AvgIpc) is 2.54. The van der Waals surface area contributed by atoms with Gasteiger partial charge in [-0.25, -0.2) is 9.19 Å². The number of fused-ring (bicyclic) bond motifs is 1. The number of aromatic nitrogens is 1. The number of hydrogen-bond acceptors (Lipinski definition) is 3. The van der Waals surface area contributed by atoms with Gasteiger partial charge in [0.15, 0.2) is 22.3 Å². The Bertz CT molecular complexity index is 561. The molecule has 7 heteroatoms. The Morgan fingerprint density at radius 1 is 1.38 bits per heavy atom. The smallest absolute Gasteiger partial charge is 0.441 e. The zero-order chi connectivity index (χ0) is 11.9. The van der Waals surface area contributed by atoms with Gasteiger partial charge in [-0.3, -0.25) is 0 Å². The van der Waals surface area contributed by atoms with Crippen LogP contribution in [0, 0.1) is 6.92 Å². The monoisotopic (exact) mass is 249 g/mol. The summed E-state index contributed by atoms with van der Waals surface area (Å²) in [6.07, 6.45) is 0. The molecule has 1 aromatic heterocycles. The number of rotatable bonds is 1. The lowest BCUT2D eigenvalue weighted by Crippen LogP contribution is -2.16. The van der Waals surface area contributed by atoms with E-state index < -0.39 is 16.3 Å². The Kier molecular flexibility index (Phi) is 2.49. The van der Waals surface area contributed by atoms with Crippen LogP contribution in [0.3, 0.4) is 0 Å². The molecule has 16 heavy (non-hydrogen) atoms. The van der Waals surface area contributed by atoms with Crippen LogP contribution in [-0.2, 0) is 10.8 Å². The third kappa shape index (κ3) is 1.95. The molecule has 3 nitrogen and oxygen atoms in total. The van der Waals surface area contributed by atoms with Crippen LogP contribution >= 0.6 is 0 Å². The first-order chi connectivity index (χ1) is 7.38. The molecule has 0 N–H and O–H groups in total. The van der Waals surface area contributed by atoms with Crippen molar-refractivity contribution in [2.24, 2.45) is 0 Å². The topological polar surface area (TPSA) is 43.1 Å². The third-order valence-corrected chi connectivity index (χ3v) is 2.99. The van der Waals surface area contributed by atoms with Crippen LogP contribution in [0.25, 0.3) is 11.1 Å². The van der Waals surface area contributed by atoms with E-state index in [0.717, 1.165) is 12.1 Å². The van der Waals surface area contributed by atoms with E-state index >= 15 is 0 Å². The molecule has 2 rings (SSSR count). The molecular formula is C9H6F3NO2S. The first-order valence-corrected chi connectivity index (χ1v) is 5.39. The summed E-state index contributed by atoms with van der Waals surface area (Å²) < 4.78 is 52.7. The minimum Gasteiger partial charge on any atom is -0.441 e.